The van der Waals surface area contributed by atoms with Gasteiger partial charge in [-0.3, -0.25) is 33.6 Å². The number of nitrogens with two attached hydrogens (primary N) is 2. The monoisotopic (exact) mass is 807 g/mol. The Labute approximate surface area is 334 Å². The fourth-order valence-corrected chi connectivity index (χ4v) is 5.80. The third-order valence-electron chi connectivity index (χ3n) is 8.32. The first kappa shape index (κ1) is 45.5. The van der Waals surface area contributed by atoms with Crippen LogP contribution in [0.3, 0.4) is 0 Å². The number of rotatable bonds is 14. The number of amides is 8. The van der Waals surface area contributed by atoms with E-state index in [2.05, 4.69) is 26.6 Å². The summed E-state index contributed by atoms with van der Waals surface area (Å²) in [5, 5.41) is 21.8. The van der Waals surface area contributed by atoms with Crippen LogP contribution in [0.1, 0.15) is 58.2 Å². The normalized spacial score (nSPS) is 17.0. The van der Waals surface area contributed by atoms with Gasteiger partial charge in [-0.25, -0.2) is 4.79 Å². The molecule has 4 atom stereocenters. The van der Waals surface area contributed by atoms with Crippen LogP contribution in [0, 0.1) is 11.3 Å². The minimum atomic E-state index is -1.53. The van der Waals surface area contributed by atoms with Gasteiger partial charge >= 0.3 is 6.09 Å². The fourth-order valence-electron chi connectivity index (χ4n) is 5.80. The number of nitriles is 1. The lowest BCUT2D eigenvalue weighted by Crippen LogP contribution is -2.56. The summed E-state index contributed by atoms with van der Waals surface area (Å²) in [6.45, 7) is 5.95. The van der Waals surface area contributed by atoms with E-state index in [1.165, 1.54) is 45.2 Å². The zero-order valence-corrected chi connectivity index (χ0v) is 33.1. The van der Waals surface area contributed by atoms with E-state index in [9.17, 15) is 38.4 Å². The molecule has 3 rings (SSSR count). The standard InChI is InChI=1S/C38H49N9O11/c1-20-33(51)46-27(34(52)42-14-12-39)16-22-7-9-28(56-18-30(40)49)24(15-22)25-17-23(8-10-29(25)57-19-31(41)50)32(35(53)44-20)47(6)36(54)26(45-21(2)48)11-13-43-37(55)58-38(3,4)5/h7-10,15,17,20,26-27,32H,11,13-14,16,18-19H2,1-6H3,(H2,40,49)(H2,41,50)(H,42,52)(H,43,55)(H,44,53)(H,45,48)(H,46,51)/t20-,26-,27-,32-/m0/s1. The van der Waals surface area contributed by atoms with Gasteiger partial charge in [0.2, 0.25) is 29.5 Å². The van der Waals surface area contributed by atoms with E-state index in [1.54, 1.807) is 39.0 Å². The number of nitrogens with zero attached hydrogens (tertiary/aromatic N) is 2. The van der Waals surface area contributed by atoms with Gasteiger partial charge in [0.05, 0.1) is 6.07 Å². The van der Waals surface area contributed by atoms with Gasteiger partial charge < -0.3 is 57.2 Å². The molecule has 58 heavy (non-hydrogen) atoms. The molecule has 312 valence electrons. The highest BCUT2D eigenvalue weighted by atomic mass is 16.6. The number of primary amides is 2. The Morgan fingerprint density at radius 1 is 0.931 bits per heavy atom. The summed E-state index contributed by atoms with van der Waals surface area (Å²) in [6, 6.07) is 5.36. The Balaban J connectivity index is 2.26. The van der Waals surface area contributed by atoms with E-state index in [0.717, 1.165) is 4.90 Å². The van der Waals surface area contributed by atoms with Crippen LogP contribution >= 0.6 is 0 Å². The van der Waals surface area contributed by atoms with Crippen molar-refractivity contribution in [1.82, 2.24) is 31.5 Å². The summed E-state index contributed by atoms with van der Waals surface area (Å²) in [5.74, 6) is -5.21. The molecule has 0 spiro atoms. The van der Waals surface area contributed by atoms with Crippen LogP contribution in [0.2, 0.25) is 0 Å². The molecule has 1 aliphatic heterocycles. The number of hydrogen-bond donors (Lipinski definition) is 7. The van der Waals surface area contributed by atoms with Crippen LogP contribution in [0.25, 0.3) is 11.1 Å². The molecular weight excluding hydrogens is 758 g/mol. The number of nitrogens with one attached hydrogen (secondary N) is 5. The van der Waals surface area contributed by atoms with Crippen molar-refractivity contribution in [2.24, 2.45) is 11.5 Å². The van der Waals surface area contributed by atoms with Crippen LogP contribution in [0.4, 0.5) is 4.79 Å². The van der Waals surface area contributed by atoms with Crippen molar-refractivity contribution >= 4 is 47.4 Å². The third kappa shape index (κ3) is 13.4. The molecule has 2 aromatic rings. The van der Waals surface area contributed by atoms with Crippen molar-refractivity contribution in [2.75, 3.05) is 33.4 Å². The van der Waals surface area contributed by atoms with E-state index in [0.29, 0.717) is 5.56 Å². The predicted octanol–water partition coefficient (Wildman–Crippen LogP) is -0.814. The molecule has 20 nitrogen and oxygen atoms in total. The van der Waals surface area contributed by atoms with Crippen molar-refractivity contribution in [1.29, 1.82) is 5.26 Å². The van der Waals surface area contributed by atoms with Crippen molar-refractivity contribution in [3.8, 4) is 28.7 Å². The summed E-state index contributed by atoms with van der Waals surface area (Å²) in [4.78, 5) is 105. The number of carbonyl (C=O) groups is 8. The minimum absolute atomic E-state index is 0.0539. The molecule has 0 unspecified atom stereocenters. The van der Waals surface area contributed by atoms with Crippen LogP contribution in [0.5, 0.6) is 11.5 Å². The van der Waals surface area contributed by atoms with Crippen LogP contribution < -0.4 is 47.5 Å². The topological polar surface area (TPSA) is 303 Å². The van der Waals surface area contributed by atoms with Gasteiger partial charge in [0.15, 0.2) is 13.2 Å². The van der Waals surface area contributed by atoms with Crippen molar-refractivity contribution < 1.29 is 52.6 Å². The molecule has 8 amide bonds. The SMILES string of the molecule is CC(=O)N[C@@H](CCNC(=O)OC(C)(C)C)C(=O)N(C)[C@@H]1C(=O)N[C@@H](C)C(=O)N[C@H](C(=O)NCC#N)Cc2ccc(OCC(N)=O)c(c2)-c2cc1ccc2OCC(N)=O. The molecule has 0 saturated heterocycles. The second-order valence-electron chi connectivity index (χ2n) is 14.3. The maximum atomic E-state index is 14.3. The number of benzene rings is 2. The molecule has 0 fully saturated rings. The lowest BCUT2D eigenvalue weighted by atomic mass is 9.93. The quantitative estimate of drug-likeness (QED) is 0.115. The van der Waals surface area contributed by atoms with Crippen LogP contribution in [-0.4, -0.2) is 109 Å². The zero-order chi connectivity index (χ0) is 43.3. The lowest BCUT2D eigenvalue weighted by molar-refractivity contribution is -0.142. The third-order valence-corrected chi connectivity index (χ3v) is 8.32. The smallest absolute Gasteiger partial charge is 0.407 e. The van der Waals surface area contributed by atoms with E-state index in [4.69, 9.17) is 30.9 Å². The Hall–Kier alpha value is -6.91. The molecule has 0 aliphatic carbocycles. The summed E-state index contributed by atoms with van der Waals surface area (Å²) >= 11 is 0. The zero-order valence-electron chi connectivity index (χ0n) is 33.1. The summed E-state index contributed by atoms with van der Waals surface area (Å²) < 4.78 is 16.7. The van der Waals surface area contributed by atoms with Crippen molar-refractivity contribution in [2.45, 2.75) is 77.2 Å². The fraction of sp³-hybridized carbons (Fsp3) is 0.447. The van der Waals surface area contributed by atoms with Crippen molar-refractivity contribution in [3.63, 3.8) is 0 Å². The average molecular weight is 808 g/mol. The second-order valence-corrected chi connectivity index (χ2v) is 14.3. The summed E-state index contributed by atoms with van der Waals surface area (Å²) in [6.07, 6.45) is -1.01. The number of likely N-dealkylation sites (N-methyl/N-ethyl adjacent to an activating group) is 1. The van der Waals surface area contributed by atoms with E-state index in [-0.39, 0.29) is 54.1 Å². The second kappa shape index (κ2) is 20.3. The maximum absolute atomic E-state index is 14.3. The number of ether oxygens (including phenoxy) is 3. The molecule has 1 aliphatic rings. The molecule has 4 bridgehead atoms. The predicted molar refractivity (Wildman–Crippen MR) is 205 cm³/mol. The first-order valence-electron chi connectivity index (χ1n) is 18.1. The molecule has 2 aromatic carbocycles. The van der Waals surface area contributed by atoms with Gasteiger partial charge in [-0.2, -0.15) is 5.26 Å². The highest BCUT2D eigenvalue weighted by Crippen LogP contribution is 2.40. The molecule has 20 heteroatoms. The van der Waals surface area contributed by atoms with Gasteiger partial charge in [-0.15, -0.1) is 0 Å². The van der Waals surface area contributed by atoms with Crippen molar-refractivity contribution in [3.05, 3.63) is 47.5 Å². The van der Waals surface area contributed by atoms with Gasteiger partial charge in [-0.1, -0.05) is 12.1 Å². The Bertz CT molecular complexity index is 1960. The lowest BCUT2D eigenvalue weighted by Gasteiger charge is -2.32. The van der Waals surface area contributed by atoms with E-state index < -0.39 is 90.4 Å². The number of hydrogen-bond acceptors (Lipinski definition) is 12. The molecule has 0 saturated carbocycles. The Morgan fingerprint density at radius 3 is 2.10 bits per heavy atom. The first-order valence-corrected chi connectivity index (χ1v) is 18.1. The molecule has 0 radical (unpaired) electrons. The van der Waals surface area contributed by atoms with Gasteiger partial charge in [0.25, 0.3) is 11.8 Å². The Kier molecular flexibility index (Phi) is 15.9. The number of alkyl carbamates (subject to hydrolysis) is 1. The van der Waals surface area contributed by atoms with Gasteiger partial charge in [0, 0.05) is 38.1 Å². The number of fused-ring (bicyclic) bond motifs is 5. The highest BCUT2D eigenvalue weighted by Gasteiger charge is 2.36. The molecule has 9 N–H and O–H groups in total. The largest absolute Gasteiger partial charge is 0.483 e. The van der Waals surface area contributed by atoms with Crippen LogP contribution in [-0.2, 0) is 44.7 Å². The highest BCUT2D eigenvalue weighted by molar-refractivity contribution is 5.96. The number of carbonyl (C=O) groups excluding carboxylic acids is 8. The van der Waals surface area contributed by atoms with Gasteiger partial charge in [0.1, 0.15) is 47.8 Å². The molecular formula is C38H49N9O11. The van der Waals surface area contributed by atoms with E-state index in [1.807, 2.05) is 0 Å². The summed E-state index contributed by atoms with van der Waals surface area (Å²) in [7, 11) is 1.30. The van der Waals surface area contributed by atoms with E-state index >= 15 is 0 Å². The molecule has 0 aromatic heterocycles. The maximum Gasteiger partial charge on any atom is 0.407 e. The minimum Gasteiger partial charge on any atom is -0.483 e. The van der Waals surface area contributed by atoms with Crippen LogP contribution in [0.15, 0.2) is 36.4 Å². The average Bonchev–Trinajstić information content (AvgIpc) is 3.13. The first-order chi connectivity index (χ1) is 27.2. The Morgan fingerprint density at radius 2 is 1.53 bits per heavy atom. The van der Waals surface area contributed by atoms with Gasteiger partial charge in [-0.05, 0) is 69.5 Å². The molecule has 1 heterocycles. The summed E-state index contributed by atoms with van der Waals surface area (Å²) in [5.41, 5.74) is 10.9.